The van der Waals surface area contributed by atoms with Crippen molar-refractivity contribution < 1.29 is 12.8 Å². The van der Waals surface area contributed by atoms with Crippen LogP contribution < -0.4 is 10.5 Å². The van der Waals surface area contributed by atoms with Crippen LogP contribution in [0.25, 0.3) is 0 Å². The minimum atomic E-state index is -3.58. The van der Waals surface area contributed by atoms with Gasteiger partial charge >= 0.3 is 0 Å². The van der Waals surface area contributed by atoms with Gasteiger partial charge in [-0.15, -0.1) is 0 Å². The fourth-order valence-electron chi connectivity index (χ4n) is 1.16. The lowest BCUT2D eigenvalue weighted by Gasteiger charge is -2.05. The zero-order valence-corrected chi connectivity index (χ0v) is 8.72. The average Bonchev–Trinajstić information content (AvgIpc) is 2.92. The topological polar surface area (TPSA) is 72.2 Å². The second kappa shape index (κ2) is 3.46. The maximum atomic E-state index is 13.0. The Morgan fingerprint density at radius 2 is 2.07 bits per heavy atom. The number of hydrogen-bond acceptors (Lipinski definition) is 3. The summed E-state index contributed by atoms with van der Waals surface area (Å²) in [7, 11) is -3.58. The number of hydrogen-bond donors (Lipinski definition) is 2. The van der Waals surface area contributed by atoms with Gasteiger partial charge in [-0.25, -0.2) is 17.5 Å². The van der Waals surface area contributed by atoms with E-state index in [4.69, 9.17) is 5.73 Å². The van der Waals surface area contributed by atoms with E-state index in [-0.39, 0.29) is 16.6 Å². The molecule has 0 bridgehead atoms. The van der Waals surface area contributed by atoms with Crippen LogP contribution >= 0.6 is 0 Å². The van der Waals surface area contributed by atoms with Crippen molar-refractivity contribution in [1.29, 1.82) is 0 Å². The highest BCUT2D eigenvalue weighted by Crippen LogP contribution is 2.23. The first-order valence-electron chi connectivity index (χ1n) is 4.56. The Morgan fingerprint density at radius 1 is 1.40 bits per heavy atom. The first-order chi connectivity index (χ1) is 6.99. The van der Waals surface area contributed by atoms with Crippen LogP contribution in [0.3, 0.4) is 0 Å². The predicted molar refractivity (Wildman–Crippen MR) is 54.2 cm³/mol. The summed E-state index contributed by atoms with van der Waals surface area (Å²) in [5.74, 6) is -0.714. The van der Waals surface area contributed by atoms with Crippen LogP contribution in [0.2, 0.25) is 0 Å². The quantitative estimate of drug-likeness (QED) is 0.756. The third-order valence-corrected chi connectivity index (χ3v) is 3.70. The van der Waals surface area contributed by atoms with Crippen molar-refractivity contribution >= 4 is 15.7 Å². The van der Waals surface area contributed by atoms with Gasteiger partial charge in [-0.1, -0.05) is 0 Å². The molecule has 0 saturated heterocycles. The average molecular weight is 230 g/mol. The van der Waals surface area contributed by atoms with Gasteiger partial charge in [-0.3, -0.25) is 0 Å². The molecule has 1 fully saturated rings. The van der Waals surface area contributed by atoms with Crippen LogP contribution in [-0.4, -0.2) is 14.5 Å². The van der Waals surface area contributed by atoms with Crippen molar-refractivity contribution in [2.75, 3.05) is 5.73 Å². The van der Waals surface area contributed by atoms with Crippen LogP contribution in [-0.2, 0) is 10.0 Å². The summed E-state index contributed by atoms with van der Waals surface area (Å²) in [5.41, 5.74) is 5.20. The third-order valence-electron chi connectivity index (χ3n) is 2.18. The van der Waals surface area contributed by atoms with Crippen LogP contribution in [0, 0.1) is 5.82 Å². The molecule has 82 valence electrons. The molecule has 0 radical (unpaired) electrons. The summed E-state index contributed by atoms with van der Waals surface area (Å²) in [6.45, 7) is 0. The second-order valence-corrected chi connectivity index (χ2v) is 5.29. The molecular formula is C9H11FN2O2S. The van der Waals surface area contributed by atoms with Gasteiger partial charge in [0, 0.05) is 6.04 Å². The summed E-state index contributed by atoms with van der Waals surface area (Å²) >= 11 is 0. The molecule has 0 aromatic heterocycles. The molecule has 0 spiro atoms. The largest absolute Gasteiger partial charge is 0.396 e. The lowest BCUT2D eigenvalue weighted by Crippen LogP contribution is -2.25. The zero-order valence-electron chi connectivity index (χ0n) is 7.90. The number of nitrogens with two attached hydrogens (primary N) is 1. The Balaban J connectivity index is 2.31. The normalized spacial score (nSPS) is 16.6. The highest BCUT2D eigenvalue weighted by molar-refractivity contribution is 7.89. The van der Waals surface area contributed by atoms with E-state index in [2.05, 4.69) is 4.72 Å². The number of rotatable bonds is 3. The maximum Gasteiger partial charge on any atom is 0.240 e. The molecule has 1 aromatic carbocycles. The van der Waals surface area contributed by atoms with Crippen molar-refractivity contribution in [3.8, 4) is 0 Å². The Bertz CT molecular complexity index is 483. The predicted octanol–water partition coefficient (Wildman–Crippen LogP) is 0.849. The van der Waals surface area contributed by atoms with E-state index in [9.17, 15) is 12.8 Å². The maximum absolute atomic E-state index is 13.0. The number of nitrogen functional groups attached to an aromatic ring is 1. The second-order valence-electron chi connectivity index (χ2n) is 3.58. The van der Waals surface area contributed by atoms with Gasteiger partial charge in [0.2, 0.25) is 10.0 Å². The summed E-state index contributed by atoms with van der Waals surface area (Å²) in [5, 5.41) is 0. The number of sulfonamides is 1. The van der Waals surface area contributed by atoms with Gasteiger partial charge in [0.25, 0.3) is 0 Å². The molecule has 0 amide bonds. The van der Waals surface area contributed by atoms with Crippen LogP contribution in [0.5, 0.6) is 0 Å². The van der Waals surface area contributed by atoms with Gasteiger partial charge in [-0.05, 0) is 31.0 Å². The standard InChI is InChI=1S/C9H11FN2O2S/c10-8-5-7(3-4-9(8)11)15(13,14)12-6-1-2-6/h3-6,12H,1-2,11H2. The number of anilines is 1. The molecule has 4 nitrogen and oxygen atoms in total. The highest BCUT2D eigenvalue weighted by Gasteiger charge is 2.28. The zero-order chi connectivity index (χ0) is 11.1. The van der Waals surface area contributed by atoms with Crippen LogP contribution in [0.1, 0.15) is 12.8 Å². The molecule has 3 N–H and O–H groups in total. The molecule has 1 aliphatic carbocycles. The SMILES string of the molecule is Nc1ccc(S(=O)(=O)NC2CC2)cc1F. The van der Waals surface area contributed by atoms with Crippen molar-refractivity contribution in [3.05, 3.63) is 24.0 Å². The van der Waals surface area contributed by atoms with E-state index in [0.29, 0.717) is 0 Å². The third kappa shape index (κ3) is 2.27. The molecule has 0 heterocycles. The van der Waals surface area contributed by atoms with Gasteiger partial charge < -0.3 is 5.73 Å². The summed E-state index contributed by atoms with van der Waals surface area (Å²) in [6.07, 6.45) is 1.69. The minimum Gasteiger partial charge on any atom is -0.396 e. The fourth-order valence-corrected chi connectivity index (χ4v) is 2.48. The number of nitrogens with one attached hydrogen (secondary N) is 1. The van der Waals surface area contributed by atoms with E-state index in [1.807, 2.05) is 0 Å². The molecule has 15 heavy (non-hydrogen) atoms. The highest BCUT2D eigenvalue weighted by atomic mass is 32.2. The molecule has 0 unspecified atom stereocenters. The lowest BCUT2D eigenvalue weighted by atomic mass is 10.3. The molecule has 0 aliphatic heterocycles. The molecule has 2 rings (SSSR count). The van der Waals surface area contributed by atoms with Crippen LogP contribution in [0.15, 0.2) is 23.1 Å². The fraction of sp³-hybridized carbons (Fsp3) is 0.333. The molecular weight excluding hydrogens is 219 g/mol. The van der Waals surface area contributed by atoms with Crippen molar-refractivity contribution in [2.24, 2.45) is 0 Å². The molecule has 1 aromatic rings. The van der Waals surface area contributed by atoms with E-state index in [0.717, 1.165) is 18.9 Å². The first-order valence-corrected chi connectivity index (χ1v) is 6.05. The summed E-state index contributed by atoms with van der Waals surface area (Å²) < 4.78 is 38.8. The molecule has 6 heteroatoms. The number of benzene rings is 1. The Hall–Kier alpha value is -1.14. The summed E-state index contributed by atoms with van der Waals surface area (Å²) in [4.78, 5) is -0.0823. The Morgan fingerprint density at radius 3 is 2.60 bits per heavy atom. The van der Waals surface area contributed by atoms with Crippen molar-refractivity contribution in [2.45, 2.75) is 23.8 Å². The molecule has 1 aliphatic rings. The Labute approximate surface area is 87.3 Å². The summed E-state index contributed by atoms with van der Waals surface area (Å²) in [6, 6.07) is 3.48. The first kappa shape index (κ1) is 10.4. The van der Waals surface area contributed by atoms with Crippen molar-refractivity contribution in [1.82, 2.24) is 4.72 Å². The van der Waals surface area contributed by atoms with Crippen LogP contribution in [0.4, 0.5) is 10.1 Å². The number of halogens is 1. The van der Waals surface area contributed by atoms with E-state index < -0.39 is 15.8 Å². The smallest absolute Gasteiger partial charge is 0.240 e. The minimum absolute atomic E-state index is 0.00983. The van der Waals surface area contributed by atoms with Gasteiger partial charge in [0.05, 0.1) is 10.6 Å². The van der Waals surface area contributed by atoms with Gasteiger partial charge in [0.1, 0.15) is 5.82 Å². The van der Waals surface area contributed by atoms with Gasteiger partial charge in [0.15, 0.2) is 0 Å². The van der Waals surface area contributed by atoms with Crippen molar-refractivity contribution in [3.63, 3.8) is 0 Å². The van der Waals surface area contributed by atoms with E-state index >= 15 is 0 Å². The lowest BCUT2D eigenvalue weighted by molar-refractivity contribution is 0.577. The van der Waals surface area contributed by atoms with E-state index in [1.54, 1.807) is 0 Å². The van der Waals surface area contributed by atoms with Gasteiger partial charge in [-0.2, -0.15) is 0 Å². The Kier molecular flexibility index (Phi) is 2.40. The molecule has 0 atom stereocenters. The van der Waals surface area contributed by atoms with E-state index in [1.165, 1.54) is 12.1 Å². The monoisotopic (exact) mass is 230 g/mol. The molecule has 1 saturated carbocycles.